The Balaban J connectivity index is 1.80. The molecule has 0 unspecified atom stereocenters. The van der Waals surface area contributed by atoms with Gasteiger partial charge in [-0.2, -0.15) is 0 Å². The van der Waals surface area contributed by atoms with Crippen molar-refractivity contribution in [3.05, 3.63) is 81.5 Å². The molecule has 1 amide bonds. The second-order valence-corrected chi connectivity index (χ2v) is 6.71. The monoisotopic (exact) mass is 386 g/mol. The van der Waals surface area contributed by atoms with Crippen LogP contribution in [0.5, 0.6) is 5.75 Å². The van der Waals surface area contributed by atoms with Crippen LogP contribution in [0.25, 0.3) is 11.3 Å². The third-order valence-electron chi connectivity index (χ3n) is 3.85. The van der Waals surface area contributed by atoms with Crippen LogP contribution in [0.2, 0.25) is 10.0 Å². The van der Waals surface area contributed by atoms with Crippen LogP contribution in [0.4, 0.5) is 0 Å². The summed E-state index contributed by atoms with van der Waals surface area (Å²) in [5.41, 5.74) is 9.31. The second-order valence-electron chi connectivity index (χ2n) is 5.84. The Morgan fingerprint density at radius 2 is 1.81 bits per heavy atom. The molecule has 0 spiro atoms. The summed E-state index contributed by atoms with van der Waals surface area (Å²) < 4.78 is 5.76. The van der Waals surface area contributed by atoms with Gasteiger partial charge in [0.15, 0.2) is 0 Å². The lowest BCUT2D eigenvalue weighted by atomic mass is 10.0. The van der Waals surface area contributed by atoms with Crippen molar-refractivity contribution >= 4 is 29.1 Å². The number of rotatable bonds is 5. The van der Waals surface area contributed by atoms with Gasteiger partial charge in [-0.15, -0.1) is 0 Å². The molecule has 3 aromatic rings. The second kappa shape index (κ2) is 7.77. The molecule has 0 saturated heterocycles. The first-order valence-electron chi connectivity index (χ1n) is 7.87. The van der Waals surface area contributed by atoms with E-state index in [0.717, 1.165) is 22.4 Å². The molecule has 0 radical (unpaired) electrons. The number of aromatic nitrogens is 1. The number of ether oxygens (including phenoxy) is 1. The van der Waals surface area contributed by atoms with Crippen molar-refractivity contribution in [2.75, 3.05) is 0 Å². The summed E-state index contributed by atoms with van der Waals surface area (Å²) in [6.45, 7) is 2.20. The van der Waals surface area contributed by atoms with Gasteiger partial charge in [-0.05, 0) is 60.5 Å². The third kappa shape index (κ3) is 4.34. The minimum atomic E-state index is -0.440. The largest absolute Gasteiger partial charge is 0.489 e. The zero-order chi connectivity index (χ0) is 18.7. The Kier molecular flexibility index (Phi) is 5.45. The summed E-state index contributed by atoms with van der Waals surface area (Å²) in [4.78, 5) is 15.8. The predicted octanol–water partition coefficient (Wildman–Crippen LogP) is 5.04. The number of amides is 1. The zero-order valence-electron chi connectivity index (χ0n) is 14.0. The lowest BCUT2D eigenvalue weighted by Gasteiger charge is -2.09. The highest BCUT2D eigenvalue weighted by atomic mass is 35.5. The van der Waals surface area contributed by atoms with E-state index in [9.17, 15) is 4.79 Å². The topological polar surface area (TPSA) is 65.2 Å². The van der Waals surface area contributed by atoms with E-state index >= 15 is 0 Å². The number of hydrogen-bond donors (Lipinski definition) is 1. The molecule has 2 N–H and O–H groups in total. The Labute approximate surface area is 161 Å². The van der Waals surface area contributed by atoms with Gasteiger partial charge >= 0.3 is 0 Å². The van der Waals surface area contributed by atoms with Gasteiger partial charge in [-0.3, -0.25) is 9.78 Å². The van der Waals surface area contributed by atoms with E-state index in [2.05, 4.69) is 4.98 Å². The molecule has 0 aliphatic heterocycles. The number of carbonyl (C=O) groups excluding carboxylic acids is 1. The standard InChI is InChI=1S/C20H16Cl2N2O2/c1-12-6-14(2-3-18(12)20(23)25)19-7-13(4-5-24-19)11-26-17-9-15(21)8-16(22)10-17/h2-10H,11H2,1H3,(H2,23,25). The fraction of sp³-hybridized carbons (Fsp3) is 0.100. The van der Waals surface area contributed by atoms with Crippen molar-refractivity contribution in [1.82, 2.24) is 4.98 Å². The van der Waals surface area contributed by atoms with Gasteiger partial charge < -0.3 is 10.5 Å². The van der Waals surface area contributed by atoms with Crippen LogP contribution in [0.15, 0.2) is 54.7 Å². The first-order chi connectivity index (χ1) is 12.4. The fourth-order valence-electron chi connectivity index (χ4n) is 2.60. The van der Waals surface area contributed by atoms with Gasteiger partial charge in [0.1, 0.15) is 12.4 Å². The lowest BCUT2D eigenvalue weighted by Crippen LogP contribution is -2.12. The SMILES string of the molecule is Cc1cc(-c2cc(COc3cc(Cl)cc(Cl)c3)ccn2)ccc1C(N)=O. The Morgan fingerprint density at radius 3 is 2.46 bits per heavy atom. The van der Waals surface area contributed by atoms with Gasteiger partial charge in [0.05, 0.1) is 5.69 Å². The van der Waals surface area contributed by atoms with Crippen LogP contribution >= 0.6 is 23.2 Å². The van der Waals surface area contributed by atoms with Crippen LogP contribution in [-0.2, 0) is 6.61 Å². The maximum absolute atomic E-state index is 11.4. The summed E-state index contributed by atoms with van der Waals surface area (Å²) in [5, 5.41) is 1.04. The molecular weight excluding hydrogens is 371 g/mol. The maximum atomic E-state index is 11.4. The maximum Gasteiger partial charge on any atom is 0.248 e. The van der Waals surface area contributed by atoms with Crippen LogP contribution in [0.1, 0.15) is 21.5 Å². The average molecular weight is 387 g/mol. The minimum Gasteiger partial charge on any atom is -0.489 e. The lowest BCUT2D eigenvalue weighted by molar-refractivity contribution is 0.0999. The molecule has 3 rings (SSSR count). The molecule has 26 heavy (non-hydrogen) atoms. The molecular formula is C20H16Cl2N2O2. The number of primary amides is 1. The number of carbonyl (C=O) groups is 1. The number of aryl methyl sites for hydroxylation is 1. The summed E-state index contributed by atoms with van der Waals surface area (Å²) in [7, 11) is 0. The van der Waals surface area contributed by atoms with Crippen molar-refractivity contribution in [3.8, 4) is 17.0 Å². The van der Waals surface area contributed by atoms with Gasteiger partial charge in [-0.1, -0.05) is 29.3 Å². The number of halogens is 2. The molecule has 1 heterocycles. The number of nitrogens with two attached hydrogens (primary N) is 1. The summed E-state index contributed by atoms with van der Waals surface area (Å²) in [6.07, 6.45) is 1.72. The number of nitrogens with zero attached hydrogens (tertiary/aromatic N) is 1. The molecule has 1 aromatic heterocycles. The first-order valence-corrected chi connectivity index (χ1v) is 8.62. The highest BCUT2D eigenvalue weighted by Gasteiger charge is 2.08. The smallest absolute Gasteiger partial charge is 0.248 e. The quantitative estimate of drug-likeness (QED) is 0.667. The Morgan fingerprint density at radius 1 is 1.08 bits per heavy atom. The van der Waals surface area contributed by atoms with E-state index in [1.54, 1.807) is 30.5 Å². The summed E-state index contributed by atoms with van der Waals surface area (Å²) in [5.74, 6) is 0.159. The van der Waals surface area contributed by atoms with Gasteiger partial charge in [0.2, 0.25) is 5.91 Å². The van der Waals surface area contributed by atoms with Crippen LogP contribution in [0.3, 0.4) is 0 Å². The fourth-order valence-corrected chi connectivity index (χ4v) is 3.11. The van der Waals surface area contributed by atoms with Crippen LogP contribution in [-0.4, -0.2) is 10.9 Å². The highest BCUT2D eigenvalue weighted by molar-refractivity contribution is 6.34. The predicted molar refractivity (Wildman–Crippen MR) is 104 cm³/mol. The van der Waals surface area contributed by atoms with Gasteiger partial charge in [0, 0.05) is 27.4 Å². The van der Waals surface area contributed by atoms with Crippen molar-refractivity contribution in [3.63, 3.8) is 0 Å². The molecule has 0 atom stereocenters. The Hall–Kier alpha value is -2.56. The van der Waals surface area contributed by atoms with E-state index in [0.29, 0.717) is 28.0 Å². The van der Waals surface area contributed by atoms with Crippen molar-refractivity contribution < 1.29 is 9.53 Å². The molecule has 6 heteroatoms. The molecule has 4 nitrogen and oxygen atoms in total. The first kappa shape index (κ1) is 18.2. The van der Waals surface area contributed by atoms with Crippen LogP contribution in [0, 0.1) is 6.92 Å². The summed E-state index contributed by atoms with van der Waals surface area (Å²) in [6, 6.07) is 14.3. The number of hydrogen-bond acceptors (Lipinski definition) is 3. The van der Waals surface area contributed by atoms with E-state index in [1.165, 1.54) is 0 Å². The van der Waals surface area contributed by atoms with Crippen molar-refractivity contribution in [2.45, 2.75) is 13.5 Å². The highest BCUT2D eigenvalue weighted by Crippen LogP contribution is 2.26. The third-order valence-corrected chi connectivity index (χ3v) is 4.29. The minimum absolute atomic E-state index is 0.352. The van der Waals surface area contributed by atoms with E-state index in [4.69, 9.17) is 33.7 Å². The van der Waals surface area contributed by atoms with Crippen molar-refractivity contribution in [2.24, 2.45) is 5.73 Å². The molecule has 0 bridgehead atoms. The molecule has 132 valence electrons. The Bertz CT molecular complexity index is 954. The zero-order valence-corrected chi connectivity index (χ0v) is 15.5. The average Bonchev–Trinajstić information content (AvgIpc) is 2.59. The van der Waals surface area contributed by atoms with E-state index in [1.807, 2.05) is 31.2 Å². The molecule has 0 fully saturated rings. The molecule has 2 aromatic carbocycles. The van der Waals surface area contributed by atoms with Crippen molar-refractivity contribution in [1.29, 1.82) is 0 Å². The molecule has 0 aliphatic rings. The number of benzene rings is 2. The van der Waals surface area contributed by atoms with E-state index < -0.39 is 5.91 Å². The van der Waals surface area contributed by atoms with Gasteiger partial charge in [0.25, 0.3) is 0 Å². The molecule has 0 saturated carbocycles. The normalized spacial score (nSPS) is 10.6. The number of pyridine rings is 1. The molecule has 0 aliphatic carbocycles. The summed E-state index contributed by atoms with van der Waals surface area (Å²) >= 11 is 12.0. The van der Waals surface area contributed by atoms with Gasteiger partial charge in [-0.25, -0.2) is 0 Å². The van der Waals surface area contributed by atoms with E-state index in [-0.39, 0.29) is 0 Å². The van der Waals surface area contributed by atoms with Crippen LogP contribution < -0.4 is 10.5 Å².